The van der Waals surface area contributed by atoms with Crippen LogP contribution in [0.15, 0.2) is 29.8 Å². The van der Waals surface area contributed by atoms with E-state index in [0.29, 0.717) is 16.4 Å². The maximum atomic E-state index is 12.0. The van der Waals surface area contributed by atoms with Crippen molar-refractivity contribution in [2.24, 2.45) is 0 Å². The number of nitrogens with zero attached hydrogens (tertiary/aromatic N) is 3. The standard InChI is InChI=1S/C13H12N4OS/c1-8-6-10(7-17-12(8)14-9(2)16-17)15-13(18)11-4-3-5-19-11/h3-7H,1-2H3,(H,15,18). The number of fused-ring (bicyclic) bond motifs is 1. The number of amides is 1. The Kier molecular flexibility index (Phi) is 2.79. The molecule has 96 valence electrons. The molecule has 0 fully saturated rings. The molecule has 0 aliphatic carbocycles. The van der Waals surface area contributed by atoms with Gasteiger partial charge in [0.2, 0.25) is 0 Å². The van der Waals surface area contributed by atoms with E-state index in [9.17, 15) is 4.79 Å². The second-order valence-electron chi connectivity index (χ2n) is 4.27. The number of carbonyl (C=O) groups excluding carboxylic acids is 1. The van der Waals surface area contributed by atoms with Gasteiger partial charge in [-0.3, -0.25) is 4.79 Å². The molecule has 3 aromatic heterocycles. The maximum Gasteiger partial charge on any atom is 0.265 e. The number of pyridine rings is 1. The molecule has 0 bridgehead atoms. The summed E-state index contributed by atoms with van der Waals surface area (Å²) in [6.45, 7) is 3.79. The number of anilines is 1. The molecule has 3 aromatic rings. The van der Waals surface area contributed by atoms with Gasteiger partial charge in [0.05, 0.1) is 16.8 Å². The van der Waals surface area contributed by atoms with Gasteiger partial charge in [-0.25, -0.2) is 9.50 Å². The molecule has 3 heterocycles. The molecule has 3 rings (SSSR count). The van der Waals surface area contributed by atoms with Crippen molar-refractivity contribution in [3.8, 4) is 0 Å². The minimum Gasteiger partial charge on any atom is -0.320 e. The number of aromatic nitrogens is 3. The molecular formula is C13H12N4OS. The van der Waals surface area contributed by atoms with Crippen molar-refractivity contribution in [1.82, 2.24) is 14.6 Å². The molecule has 1 amide bonds. The van der Waals surface area contributed by atoms with Gasteiger partial charge < -0.3 is 5.32 Å². The van der Waals surface area contributed by atoms with Crippen LogP contribution in [0.4, 0.5) is 5.69 Å². The molecule has 0 radical (unpaired) electrons. The molecule has 0 aromatic carbocycles. The van der Waals surface area contributed by atoms with E-state index in [-0.39, 0.29) is 5.91 Å². The molecule has 0 saturated heterocycles. The van der Waals surface area contributed by atoms with Crippen molar-refractivity contribution in [1.29, 1.82) is 0 Å². The minimum absolute atomic E-state index is 0.106. The monoisotopic (exact) mass is 272 g/mol. The van der Waals surface area contributed by atoms with E-state index in [0.717, 1.165) is 11.2 Å². The molecule has 0 spiro atoms. The number of aryl methyl sites for hydroxylation is 2. The van der Waals surface area contributed by atoms with Crippen LogP contribution in [0.2, 0.25) is 0 Å². The number of carbonyl (C=O) groups is 1. The summed E-state index contributed by atoms with van der Waals surface area (Å²) in [5.74, 6) is 0.607. The summed E-state index contributed by atoms with van der Waals surface area (Å²) in [6, 6.07) is 5.55. The summed E-state index contributed by atoms with van der Waals surface area (Å²) in [5.41, 5.74) is 2.50. The predicted molar refractivity (Wildman–Crippen MR) is 74.7 cm³/mol. The highest BCUT2D eigenvalue weighted by Gasteiger charge is 2.10. The highest BCUT2D eigenvalue weighted by molar-refractivity contribution is 7.12. The van der Waals surface area contributed by atoms with Gasteiger partial charge in [0.1, 0.15) is 5.82 Å². The van der Waals surface area contributed by atoms with Crippen molar-refractivity contribution in [2.45, 2.75) is 13.8 Å². The van der Waals surface area contributed by atoms with Crippen molar-refractivity contribution < 1.29 is 4.79 Å². The Bertz CT molecular complexity index is 745. The molecule has 6 heteroatoms. The normalized spacial score (nSPS) is 10.8. The van der Waals surface area contributed by atoms with Gasteiger partial charge in [-0.1, -0.05) is 6.07 Å². The van der Waals surface area contributed by atoms with E-state index >= 15 is 0 Å². The van der Waals surface area contributed by atoms with Crippen LogP contribution in [0.5, 0.6) is 0 Å². The van der Waals surface area contributed by atoms with E-state index in [1.807, 2.05) is 31.4 Å². The third-order valence-electron chi connectivity index (χ3n) is 2.73. The number of thiophene rings is 1. The molecule has 0 aliphatic heterocycles. The third kappa shape index (κ3) is 2.22. The van der Waals surface area contributed by atoms with Crippen LogP contribution >= 0.6 is 11.3 Å². The molecule has 5 nitrogen and oxygen atoms in total. The lowest BCUT2D eigenvalue weighted by atomic mass is 10.2. The van der Waals surface area contributed by atoms with Crippen LogP contribution in [-0.4, -0.2) is 20.5 Å². The van der Waals surface area contributed by atoms with Gasteiger partial charge in [0, 0.05) is 0 Å². The Morgan fingerprint density at radius 3 is 3.00 bits per heavy atom. The van der Waals surface area contributed by atoms with Crippen LogP contribution in [0.25, 0.3) is 5.65 Å². The average Bonchev–Trinajstić information content (AvgIpc) is 2.97. The Balaban J connectivity index is 1.95. The van der Waals surface area contributed by atoms with Crippen LogP contribution < -0.4 is 5.32 Å². The number of hydrogen-bond acceptors (Lipinski definition) is 4. The summed E-state index contributed by atoms with van der Waals surface area (Å²) in [4.78, 5) is 17.0. The smallest absolute Gasteiger partial charge is 0.265 e. The first-order chi connectivity index (χ1) is 9.13. The van der Waals surface area contributed by atoms with Crippen LogP contribution in [0.3, 0.4) is 0 Å². The molecule has 19 heavy (non-hydrogen) atoms. The number of nitrogens with one attached hydrogen (secondary N) is 1. The lowest BCUT2D eigenvalue weighted by molar-refractivity contribution is 0.103. The molecule has 0 unspecified atom stereocenters. The Morgan fingerprint density at radius 1 is 1.42 bits per heavy atom. The van der Waals surface area contributed by atoms with E-state index in [4.69, 9.17) is 0 Å². The van der Waals surface area contributed by atoms with E-state index in [1.54, 1.807) is 16.8 Å². The maximum absolute atomic E-state index is 12.0. The third-order valence-corrected chi connectivity index (χ3v) is 3.59. The van der Waals surface area contributed by atoms with Crippen LogP contribution in [0.1, 0.15) is 21.1 Å². The highest BCUT2D eigenvalue weighted by Crippen LogP contribution is 2.17. The molecule has 0 saturated carbocycles. The lowest BCUT2D eigenvalue weighted by Crippen LogP contribution is -2.11. The van der Waals surface area contributed by atoms with Crippen LogP contribution in [0, 0.1) is 13.8 Å². The van der Waals surface area contributed by atoms with Gasteiger partial charge in [0.15, 0.2) is 5.65 Å². The van der Waals surface area contributed by atoms with Gasteiger partial charge in [0.25, 0.3) is 5.91 Å². The van der Waals surface area contributed by atoms with Crippen molar-refractivity contribution in [3.63, 3.8) is 0 Å². The zero-order chi connectivity index (χ0) is 13.4. The molecule has 0 atom stereocenters. The fourth-order valence-corrected chi connectivity index (χ4v) is 2.54. The minimum atomic E-state index is -0.106. The summed E-state index contributed by atoms with van der Waals surface area (Å²) < 4.78 is 1.69. The lowest BCUT2D eigenvalue weighted by Gasteiger charge is -2.05. The quantitative estimate of drug-likeness (QED) is 0.780. The number of rotatable bonds is 2. The average molecular weight is 272 g/mol. The van der Waals surface area contributed by atoms with Crippen molar-refractivity contribution in [2.75, 3.05) is 5.32 Å². The predicted octanol–water partition coefficient (Wildman–Crippen LogP) is 2.66. The van der Waals surface area contributed by atoms with E-state index in [1.165, 1.54) is 11.3 Å². The fraction of sp³-hybridized carbons (Fsp3) is 0.154. The zero-order valence-corrected chi connectivity index (χ0v) is 11.4. The molecular weight excluding hydrogens is 260 g/mol. The Hall–Kier alpha value is -2.21. The van der Waals surface area contributed by atoms with Gasteiger partial charge >= 0.3 is 0 Å². The van der Waals surface area contributed by atoms with Gasteiger partial charge in [-0.05, 0) is 36.9 Å². The second kappa shape index (κ2) is 4.47. The Labute approximate surface area is 113 Å². The SMILES string of the molecule is Cc1nc2c(C)cc(NC(=O)c3cccs3)cn2n1. The molecule has 0 aliphatic rings. The second-order valence-corrected chi connectivity index (χ2v) is 5.22. The largest absolute Gasteiger partial charge is 0.320 e. The summed E-state index contributed by atoms with van der Waals surface area (Å²) in [7, 11) is 0. The Morgan fingerprint density at radius 2 is 2.26 bits per heavy atom. The van der Waals surface area contributed by atoms with Crippen molar-refractivity contribution in [3.05, 3.63) is 46.0 Å². The summed E-state index contributed by atoms with van der Waals surface area (Å²) in [5, 5.41) is 9.01. The summed E-state index contributed by atoms with van der Waals surface area (Å²) in [6.07, 6.45) is 1.77. The fourth-order valence-electron chi connectivity index (χ4n) is 1.92. The first-order valence-corrected chi connectivity index (χ1v) is 6.70. The summed E-state index contributed by atoms with van der Waals surface area (Å²) >= 11 is 1.42. The van der Waals surface area contributed by atoms with E-state index in [2.05, 4.69) is 15.4 Å². The molecule has 1 N–H and O–H groups in total. The first-order valence-electron chi connectivity index (χ1n) is 5.82. The van der Waals surface area contributed by atoms with Gasteiger partial charge in [-0.2, -0.15) is 5.10 Å². The van der Waals surface area contributed by atoms with Gasteiger partial charge in [-0.15, -0.1) is 11.3 Å². The zero-order valence-electron chi connectivity index (χ0n) is 10.5. The highest BCUT2D eigenvalue weighted by atomic mass is 32.1. The van der Waals surface area contributed by atoms with Crippen molar-refractivity contribution >= 4 is 28.6 Å². The number of hydrogen-bond donors (Lipinski definition) is 1. The first kappa shape index (κ1) is 11.9. The van der Waals surface area contributed by atoms with E-state index < -0.39 is 0 Å². The van der Waals surface area contributed by atoms with Crippen LogP contribution in [-0.2, 0) is 0 Å². The topological polar surface area (TPSA) is 59.3 Å².